The van der Waals surface area contributed by atoms with E-state index < -0.39 is 5.60 Å². The third-order valence-corrected chi connectivity index (χ3v) is 9.61. The number of aliphatic hydroxyl groups is 2. The molecule has 4 aliphatic rings. The molecule has 0 aliphatic heterocycles. The van der Waals surface area contributed by atoms with Crippen molar-refractivity contribution in [3.8, 4) is 0 Å². The van der Waals surface area contributed by atoms with Gasteiger partial charge >= 0.3 is 0 Å². The molecule has 1 unspecified atom stereocenters. The fraction of sp³-hybridized carbons (Fsp3) is 1.00. The lowest BCUT2D eigenvalue weighted by Gasteiger charge is -2.62. The Balaban J connectivity index is 1.60. The molecule has 4 saturated carbocycles. The standard InChI is InChI=1S/C22H38O2/c1-14(23)17-7-8-18-16-6-5-15-13-20(2,24)11-12-21(15,3)19(16)9-10-22(17,18)4/h14-19,23-24H,5-13H2,1-4H3/t14-,15?,16-,17+,18-,19-,20+,21-,22+/m0/s1. The van der Waals surface area contributed by atoms with Crippen molar-refractivity contribution in [2.45, 2.75) is 97.2 Å². The van der Waals surface area contributed by atoms with E-state index in [-0.39, 0.29) is 6.10 Å². The molecule has 0 radical (unpaired) electrons. The van der Waals surface area contributed by atoms with Crippen molar-refractivity contribution in [2.24, 2.45) is 40.4 Å². The zero-order chi connectivity index (χ0) is 17.3. The summed E-state index contributed by atoms with van der Waals surface area (Å²) in [4.78, 5) is 0. The van der Waals surface area contributed by atoms with Crippen LogP contribution in [0.1, 0.15) is 85.5 Å². The summed E-state index contributed by atoms with van der Waals surface area (Å²) in [6, 6.07) is 0. The summed E-state index contributed by atoms with van der Waals surface area (Å²) in [5, 5.41) is 20.9. The van der Waals surface area contributed by atoms with Crippen LogP contribution in [0.25, 0.3) is 0 Å². The average molecular weight is 335 g/mol. The highest BCUT2D eigenvalue weighted by molar-refractivity contribution is 5.10. The Morgan fingerprint density at radius 1 is 0.833 bits per heavy atom. The predicted octanol–water partition coefficient (Wildman–Crippen LogP) is 4.78. The Bertz CT molecular complexity index is 498. The molecule has 2 heteroatoms. The molecule has 0 spiro atoms. The number of fused-ring (bicyclic) bond motifs is 5. The van der Waals surface area contributed by atoms with E-state index in [4.69, 9.17) is 0 Å². The third-order valence-electron chi connectivity index (χ3n) is 9.61. The van der Waals surface area contributed by atoms with E-state index >= 15 is 0 Å². The van der Waals surface area contributed by atoms with E-state index in [1.54, 1.807) is 0 Å². The number of aliphatic hydroxyl groups excluding tert-OH is 1. The largest absolute Gasteiger partial charge is 0.393 e. The van der Waals surface area contributed by atoms with Gasteiger partial charge in [-0.1, -0.05) is 13.8 Å². The molecule has 0 aromatic heterocycles. The average Bonchev–Trinajstić information content (AvgIpc) is 2.85. The van der Waals surface area contributed by atoms with Crippen molar-refractivity contribution in [3.63, 3.8) is 0 Å². The van der Waals surface area contributed by atoms with Gasteiger partial charge in [0.05, 0.1) is 11.7 Å². The smallest absolute Gasteiger partial charge is 0.0622 e. The van der Waals surface area contributed by atoms with Gasteiger partial charge in [0.15, 0.2) is 0 Å². The van der Waals surface area contributed by atoms with Gasteiger partial charge in [0.1, 0.15) is 0 Å². The zero-order valence-electron chi connectivity index (χ0n) is 16.2. The van der Waals surface area contributed by atoms with E-state index in [9.17, 15) is 10.2 Å². The molecule has 0 aromatic rings. The zero-order valence-corrected chi connectivity index (χ0v) is 16.2. The maximum Gasteiger partial charge on any atom is 0.0622 e. The first kappa shape index (κ1) is 17.3. The summed E-state index contributed by atoms with van der Waals surface area (Å²) >= 11 is 0. The Morgan fingerprint density at radius 3 is 2.25 bits per heavy atom. The van der Waals surface area contributed by atoms with Crippen molar-refractivity contribution >= 4 is 0 Å². The number of hydrogen-bond donors (Lipinski definition) is 2. The molecule has 0 bridgehead atoms. The Morgan fingerprint density at radius 2 is 1.54 bits per heavy atom. The maximum absolute atomic E-state index is 10.6. The minimum atomic E-state index is -0.426. The minimum Gasteiger partial charge on any atom is -0.393 e. The van der Waals surface area contributed by atoms with Crippen LogP contribution < -0.4 is 0 Å². The van der Waals surface area contributed by atoms with Crippen LogP contribution in [0.3, 0.4) is 0 Å². The fourth-order valence-electron chi connectivity index (χ4n) is 8.26. The lowest BCUT2D eigenvalue weighted by Crippen LogP contribution is -2.55. The lowest BCUT2D eigenvalue weighted by atomic mass is 9.44. The molecule has 0 heterocycles. The van der Waals surface area contributed by atoms with Crippen molar-refractivity contribution in [2.75, 3.05) is 0 Å². The molecule has 4 rings (SSSR count). The van der Waals surface area contributed by atoms with Crippen molar-refractivity contribution < 1.29 is 10.2 Å². The molecule has 9 atom stereocenters. The van der Waals surface area contributed by atoms with Crippen LogP contribution >= 0.6 is 0 Å². The van der Waals surface area contributed by atoms with E-state index in [2.05, 4.69) is 20.8 Å². The summed E-state index contributed by atoms with van der Waals surface area (Å²) in [5.74, 6) is 3.80. The molecule has 4 aliphatic carbocycles. The van der Waals surface area contributed by atoms with Gasteiger partial charge in [0.25, 0.3) is 0 Å². The highest BCUT2D eigenvalue weighted by Crippen LogP contribution is 2.68. The van der Waals surface area contributed by atoms with E-state index in [0.717, 1.165) is 36.5 Å². The molecule has 0 saturated heterocycles. The molecule has 0 aromatic carbocycles. The molecule has 2 N–H and O–H groups in total. The van der Waals surface area contributed by atoms with Crippen LogP contribution in [-0.2, 0) is 0 Å². The van der Waals surface area contributed by atoms with Crippen molar-refractivity contribution in [1.82, 2.24) is 0 Å². The topological polar surface area (TPSA) is 40.5 Å². The van der Waals surface area contributed by atoms with Crippen molar-refractivity contribution in [1.29, 1.82) is 0 Å². The van der Waals surface area contributed by atoms with Crippen LogP contribution in [0.2, 0.25) is 0 Å². The van der Waals surface area contributed by atoms with E-state index in [0.29, 0.717) is 16.7 Å². The molecular formula is C22H38O2. The highest BCUT2D eigenvalue weighted by Gasteiger charge is 2.61. The van der Waals surface area contributed by atoms with Gasteiger partial charge in [-0.2, -0.15) is 0 Å². The summed E-state index contributed by atoms with van der Waals surface area (Å²) in [6.07, 6.45) is 11.0. The number of rotatable bonds is 1. The summed E-state index contributed by atoms with van der Waals surface area (Å²) < 4.78 is 0. The molecule has 24 heavy (non-hydrogen) atoms. The quantitative estimate of drug-likeness (QED) is 0.724. The summed E-state index contributed by atoms with van der Waals surface area (Å²) in [5.41, 5.74) is 0.402. The number of hydrogen-bond acceptors (Lipinski definition) is 2. The predicted molar refractivity (Wildman–Crippen MR) is 97.5 cm³/mol. The Hall–Kier alpha value is -0.0800. The van der Waals surface area contributed by atoms with Gasteiger partial charge < -0.3 is 10.2 Å². The molecule has 4 fully saturated rings. The second-order valence-electron chi connectivity index (χ2n) is 10.8. The highest BCUT2D eigenvalue weighted by atomic mass is 16.3. The Kier molecular flexibility index (Phi) is 3.94. The first-order chi connectivity index (χ1) is 11.2. The van der Waals surface area contributed by atoms with Gasteiger partial charge in [-0.05, 0) is 112 Å². The van der Waals surface area contributed by atoms with Gasteiger partial charge in [-0.25, -0.2) is 0 Å². The molecule has 138 valence electrons. The van der Waals surface area contributed by atoms with Crippen LogP contribution in [0.5, 0.6) is 0 Å². The maximum atomic E-state index is 10.6. The second kappa shape index (κ2) is 5.46. The first-order valence-corrected chi connectivity index (χ1v) is 10.6. The van der Waals surface area contributed by atoms with Gasteiger partial charge in [-0.3, -0.25) is 0 Å². The van der Waals surface area contributed by atoms with Crippen LogP contribution in [0.4, 0.5) is 0 Å². The van der Waals surface area contributed by atoms with Gasteiger partial charge in [-0.15, -0.1) is 0 Å². The second-order valence-corrected chi connectivity index (χ2v) is 10.8. The SMILES string of the molecule is C[C@H](O)[C@H]1CC[C@H]2[C@@H]3CCC4C[C@](C)(O)CC[C@]4(C)[C@H]3CC[C@]12C. The molecule has 2 nitrogen and oxygen atoms in total. The van der Waals surface area contributed by atoms with Gasteiger partial charge in [0, 0.05) is 0 Å². The molecule has 0 amide bonds. The van der Waals surface area contributed by atoms with Gasteiger partial charge in [0.2, 0.25) is 0 Å². The molecular weight excluding hydrogens is 296 g/mol. The van der Waals surface area contributed by atoms with Crippen LogP contribution in [-0.4, -0.2) is 21.9 Å². The van der Waals surface area contributed by atoms with E-state index in [1.807, 2.05) is 6.92 Å². The van der Waals surface area contributed by atoms with Crippen molar-refractivity contribution in [3.05, 3.63) is 0 Å². The lowest BCUT2D eigenvalue weighted by molar-refractivity contribution is -0.149. The fourth-order valence-corrected chi connectivity index (χ4v) is 8.26. The third kappa shape index (κ3) is 2.35. The summed E-state index contributed by atoms with van der Waals surface area (Å²) in [7, 11) is 0. The normalized spacial score (nSPS) is 58.5. The first-order valence-electron chi connectivity index (χ1n) is 10.6. The van der Waals surface area contributed by atoms with Crippen LogP contribution in [0.15, 0.2) is 0 Å². The van der Waals surface area contributed by atoms with Crippen LogP contribution in [0, 0.1) is 40.4 Å². The minimum absolute atomic E-state index is 0.145. The monoisotopic (exact) mass is 334 g/mol. The van der Waals surface area contributed by atoms with E-state index in [1.165, 1.54) is 44.9 Å². The summed E-state index contributed by atoms with van der Waals surface area (Å²) in [6.45, 7) is 9.14. The Labute approximate surface area is 148 Å².